The van der Waals surface area contributed by atoms with Crippen molar-refractivity contribution < 1.29 is 9.13 Å². The molecule has 0 amide bonds. The summed E-state index contributed by atoms with van der Waals surface area (Å²) in [6.45, 7) is 2.05. The number of hydrogen-bond acceptors (Lipinski definition) is 4. The normalized spacial score (nSPS) is 11.7. The van der Waals surface area contributed by atoms with Gasteiger partial charge in [-0.25, -0.2) is 9.37 Å². The molecule has 2 aromatic rings. The van der Waals surface area contributed by atoms with E-state index in [4.69, 9.17) is 15.7 Å². The number of nitrogens with two attached hydrogens (primary N) is 1. The number of nitriles is 1. The third-order valence-corrected chi connectivity index (χ3v) is 2.94. The molecule has 21 heavy (non-hydrogen) atoms. The van der Waals surface area contributed by atoms with Crippen molar-refractivity contribution in [2.24, 2.45) is 5.73 Å². The van der Waals surface area contributed by atoms with Crippen LogP contribution >= 0.6 is 0 Å². The number of pyridine rings is 1. The van der Waals surface area contributed by atoms with Gasteiger partial charge >= 0.3 is 0 Å². The Hall–Kier alpha value is -2.45. The highest BCUT2D eigenvalue weighted by molar-refractivity contribution is 5.36. The van der Waals surface area contributed by atoms with Gasteiger partial charge in [-0.3, -0.25) is 0 Å². The molecular formula is C16H16FN3O. The van der Waals surface area contributed by atoms with Crippen LogP contribution in [0, 0.1) is 17.1 Å². The summed E-state index contributed by atoms with van der Waals surface area (Å²) in [5, 5.41) is 8.99. The van der Waals surface area contributed by atoms with Crippen molar-refractivity contribution in [1.29, 1.82) is 5.26 Å². The lowest BCUT2D eigenvalue weighted by Gasteiger charge is -2.13. The van der Waals surface area contributed by atoms with E-state index < -0.39 is 0 Å². The van der Waals surface area contributed by atoms with Crippen LogP contribution in [-0.4, -0.2) is 11.0 Å². The summed E-state index contributed by atoms with van der Waals surface area (Å²) in [6, 6.07) is 9.79. The molecule has 108 valence electrons. The molecular weight excluding hydrogens is 269 g/mol. The number of nitrogens with zero attached hydrogens (tertiary/aromatic N) is 2. The molecule has 1 heterocycles. The minimum atomic E-state index is -0.322. The second-order valence-corrected chi connectivity index (χ2v) is 4.85. The molecule has 5 heteroatoms. The van der Waals surface area contributed by atoms with E-state index in [2.05, 4.69) is 4.98 Å². The molecule has 0 aliphatic heterocycles. The van der Waals surface area contributed by atoms with Gasteiger partial charge in [0.1, 0.15) is 29.9 Å². The Bertz CT molecular complexity index is 665. The monoisotopic (exact) mass is 285 g/mol. The maximum Gasteiger partial charge on any atom is 0.147 e. The van der Waals surface area contributed by atoms with Gasteiger partial charge in [0.2, 0.25) is 0 Å². The molecule has 1 aromatic heterocycles. The first-order valence-corrected chi connectivity index (χ1v) is 6.61. The van der Waals surface area contributed by atoms with E-state index in [9.17, 15) is 4.39 Å². The van der Waals surface area contributed by atoms with Crippen LogP contribution in [0.1, 0.15) is 23.7 Å². The van der Waals surface area contributed by atoms with Crippen LogP contribution in [0.25, 0.3) is 0 Å². The quantitative estimate of drug-likeness (QED) is 0.916. The van der Waals surface area contributed by atoms with Gasteiger partial charge < -0.3 is 10.5 Å². The summed E-state index contributed by atoms with van der Waals surface area (Å²) in [4.78, 5) is 3.97. The predicted octanol–water partition coefficient (Wildman–Crippen LogP) is 2.56. The summed E-state index contributed by atoms with van der Waals surface area (Å²) in [6.07, 6.45) is 2.08. The highest BCUT2D eigenvalue weighted by Gasteiger charge is 2.09. The highest BCUT2D eigenvalue weighted by atomic mass is 19.1. The van der Waals surface area contributed by atoms with Gasteiger partial charge in [0, 0.05) is 17.8 Å². The van der Waals surface area contributed by atoms with Crippen LogP contribution < -0.4 is 10.5 Å². The first kappa shape index (κ1) is 14.9. The molecule has 0 aliphatic rings. The molecule has 1 atom stereocenters. The standard InChI is InChI=1S/C16H16FN3O/c1-11(19)7-13-8-14(17)4-5-16(13)21-10-12-3-2-6-20-15(12)9-18/h2-6,8,11H,7,10,19H2,1H3. The molecule has 2 N–H and O–H groups in total. The summed E-state index contributed by atoms with van der Waals surface area (Å²) < 4.78 is 19.0. The van der Waals surface area contributed by atoms with Crippen molar-refractivity contribution in [1.82, 2.24) is 4.98 Å². The zero-order valence-corrected chi connectivity index (χ0v) is 11.7. The third kappa shape index (κ3) is 4.01. The van der Waals surface area contributed by atoms with E-state index >= 15 is 0 Å². The van der Waals surface area contributed by atoms with Gasteiger partial charge in [-0.05, 0) is 43.2 Å². The van der Waals surface area contributed by atoms with Crippen LogP contribution in [-0.2, 0) is 13.0 Å². The molecule has 1 unspecified atom stereocenters. The lowest BCUT2D eigenvalue weighted by atomic mass is 10.1. The summed E-state index contributed by atoms with van der Waals surface area (Å²) in [5.41, 5.74) is 7.50. The minimum Gasteiger partial charge on any atom is -0.489 e. The predicted molar refractivity (Wildman–Crippen MR) is 77.0 cm³/mol. The fourth-order valence-corrected chi connectivity index (χ4v) is 2.01. The SMILES string of the molecule is CC(N)Cc1cc(F)ccc1OCc1cccnc1C#N. The smallest absolute Gasteiger partial charge is 0.147 e. The van der Waals surface area contributed by atoms with Crippen molar-refractivity contribution in [2.45, 2.75) is 26.0 Å². The molecule has 0 bridgehead atoms. The summed E-state index contributed by atoms with van der Waals surface area (Å²) >= 11 is 0. The molecule has 0 saturated heterocycles. The topological polar surface area (TPSA) is 71.9 Å². The van der Waals surface area contributed by atoms with Gasteiger partial charge in [0.15, 0.2) is 0 Å². The van der Waals surface area contributed by atoms with E-state index in [-0.39, 0.29) is 18.5 Å². The number of ether oxygens (including phenoxy) is 1. The zero-order valence-electron chi connectivity index (χ0n) is 11.7. The average molecular weight is 285 g/mol. The van der Waals surface area contributed by atoms with Gasteiger partial charge in [-0.15, -0.1) is 0 Å². The molecule has 4 nitrogen and oxygen atoms in total. The van der Waals surface area contributed by atoms with Crippen LogP contribution in [0.2, 0.25) is 0 Å². The van der Waals surface area contributed by atoms with Crippen molar-refractivity contribution in [3.63, 3.8) is 0 Å². The zero-order chi connectivity index (χ0) is 15.2. The molecule has 0 fully saturated rings. The Balaban J connectivity index is 2.18. The lowest BCUT2D eigenvalue weighted by Crippen LogP contribution is -2.18. The third-order valence-electron chi connectivity index (χ3n) is 2.94. The van der Waals surface area contributed by atoms with Gasteiger partial charge in [0.05, 0.1) is 0 Å². The van der Waals surface area contributed by atoms with Crippen molar-refractivity contribution in [2.75, 3.05) is 0 Å². The van der Waals surface area contributed by atoms with E-state index in [1.54, 1.807) is 24.4 Å². The van der Waals surface area contributed by atoms with Crippen LogP contribution in [0.5, 0.6) is 5.75 Å². The maximum absolute atomic E-state index is 13.3. The fourth-order valence-electron chi connectivity index (χ4n) is 2.01. The molecule has 0 saturated carbocycles. The Kier molecular flexibility index (Phi) is 4.85. The van der Waals surface area contributed by atoms with E-state index in [1.165, 1.54) is 12.1 Å². The van der Waals surface area contributed by atoms with E-state index in [0.29, 0.717) is 29.0 Å². The number of rotatable bonds is 5. The van der Waals surface area contributed by atoms with E-state index in [0.717, 1.165) is 0 Å². The molecule has 1 aromatic carbocycles. The van der Waals surface area contributed by atoms with Gasteiger partial charge in [0.25, 0.3) is 0 Å². The Morgan fingerprint density at radius 3 is 2.90 bits per heavy atom. The molecule has 2 rings (SSSR count). The number of hydrogen-bond donors (Lipinski definition) is 1. The molecule has 0 spiro atoms. The summed E-state index contributed by atoms with van der Waals surface area (Å²) in [7, 11) is 0. The minimum absolute atomic E-state index is 0.0952. The second-order valence-electron chi connectivity index (χ2n) is 4.85. The van der Waals surface area contributed by atoms with Gasteiger partial charge in [-0.2, -0.15) is 5.26 Å². The first-order chi connectivity index (χ1) is 10.1. The Morgan fingerprint density at radius 1 is 1.38 bits per heavy atom. The van der Waals surface area contributed by atoms with E-state index in [1.807, 2.05) is 13.0 Å². The molecule has 0 radical (unpaired) electrons. The molecule has 0 aliphatic carbocycles. The van der Waals surface area contributed by atoms with Crippen LogP contribution in [0.3, 0.4) is 0 Å². The van der Waals surface area contributed by atoms with Crippen molar-refractivity contribution in [3.8, 4) is 11.8 Å². The maximum atomic E-state index is 13.3. The summed E-state index contributed by atoms with van der Waals surface area (Å²) in [5.74, 6) is 0.249. The number of halogens is 1. The Labute approximate surface area is 123 Å². The largest absolute Gasteiger partial charge is 0.489 e. The second kappa shape index (κ2) is 6.82. The number of aromatic nitrogens is 1. The van der Waals surface area contributed by atoms with Crippen molar-refractivity contribution in [3.05, 3.63) is 59.2 Å². The van der Waals surface area contributed by atoms with Crippen LogP contribution in [0.15, 0.2) is 36.5 Å². The highest BCUT2D eigenvalue weighted by Crippen LogP contribution is 2.22. The first-order valence-electron chi connectivity index (χ1n) is 6.61. The number of benzene rings is 1. The average Bonchev–Trinajstić information content (AvgIpc) is 2.46. The fraction of sp³-hybridized carbons (Fsp3) is 0.250. The lowest BCUT2D eigenvalue weighted by molar-refractivity contribution is 0.301. The van der Waals surface area contributed by atoms with Crippen molar-refractivity contribution >= 4 is 0 Å². The van der Waals surface area contributed by atoms with Gasteiger partial charge in [-0.1, -0.05) is 6.07 Å². The Morgan fingerprint density at radius 2 is 2.19 bits per heavy atom. The van der Waals surface area contributed by atoms with Crippen LogP contribution in [0.4, 0.5) is 4.39 Å².